The summed E-state index contributed by atoms with van der Waals surface area (Å²) in [6, 6.07) is 11.5. The lowest BCUT2D eigenvalue weighted by Gasteiger charge is -2.20. The first-order chi connectivity index (χ1) is 16.1. The fraction of sp³-hybridized carbons (Fsp3) is 0.500. The average molecular weight is 460 g/mol. The van der Waals surface area contributed by atoms with Crippen LogP contribution in [0.3, 0.4) is 0 Å². The maximum Gasteiger partial charge on any atom is 0.338 e. The molecule has 0 radical (unpaired) electrons. The van der Waals surface area contributed by atoms with Gasteiger partial charge in [-0.05, 0) is 69.1 Å². The second kappa shape index (κ2) is 14.3. The van der Waals surface area contributed by atoms with Crippen LogP contribution in [0.1, 0.15) is 42.6 Å². The van der Waals surface area contributed by atoms with Crippen molar-refractivity contribution < 1.29 is 28.5 Å². The van der Waals surface area contributed by atoms with E-state index >= 15 is 0 Å². The second-order valence-electron chi connectivity index (χ2n) is 7.52. The maximum absolute atomic E-state index is 12.5. The van der Waals surface area contributed by atoms with Gasteiger partial charge in [0.2, 0.25) is 5.75 Å². The van der Waals surface area contributed by atoms with Crippen molar-refractivity contribution in [3.8, 4) is 23.0 Å². The summed E-state index contributed by atoms with van der Waals surface area (Å²) < 4.78 is 26.8. The molecule has 0 heterocycles. The lowest BCUT2D eigenvalue weighted by atomic mass is 10.1. The number of hydrogen-bond acceptors (Lipinski definition) is 7. The van der Waals surface area contributed by atoms with Crippen LogP contribution < -0.4 is 18.9 Å². The Morgan fingerprint density at radius 3 is 2.09 bits per heavy atom. The van der Waals surface area contributed by atoms with E-state index in [9.17, 15) is 4.79 Å². The van der Waals surface area contributed by atoms with E-state index in [1.165, 1.54) is 26.9 Å². The van der Waals surface area contributed by atoms with Crippen LogP contribution in [0.25, 0.3) is 0 Å². The number of ether oxygens (including phenoxy) is 5. The first-order valence-electron chi connectivity index (χ1n) is 11.5. The summed E-state index contributed by atoms with van der Waals surface area (Å²) in [6.45, 7) is 8.16. The smallest absolute Gasteiger partial charge is 0.338 e. The molecule has 0 N–H and O–H groups in total. The quantitative estimate of drug-likeness (QED) is 0.285. The Morgan fingerprint density at radius 2 is 1.55 bits per heavy atom. The standard InChI is InChI=1S/C26H37NO6/c1-6-27(16-14-20-10-12-22(13-11-20)32-7-2)15-8-9-17-33-26(28)21-18-23(29-3)25(31-5)24(19-21)30-4/h10-13,18-19H,6-9,14-17H2,1-5H3. The van der Waals surface area contributed by atoms with Gasteiger partial charge in [-0.15, -0.1) is 0 Å². The van der Waals surface area contributed by atoms with Crippen molar-refractivity contribution in [3.05, 3.63) is 47.5 Å². The molecule has 7 nitrogen and oxygen atoms in total. The van der Waals surface area contributed by atoms with Gasteiger partial charge in [0.25, 0.3) is 0 Å². The molecule has 0 aliphatic rings. The van der Waals surface area contributed by atoms with Crippen molar-refractivity contribution in [1.82, 2.24) is 4.90 Å². The number of carbonyl (C=O) groups excluding carboxylic acids is 1. The van der Waals surface area contributed by atoms with Crippen LogP contribution >= 0.6 is 0 Å². The summed E-state index contributed by atoms with van der Waals surface area (Å²) in [5.74, 6) is 1.80. The molecule has 0 unspecified atom stereocenters. The summed E-state index contributed by atoms with van der Waals surface area (Å²) in [7, 11) is 4.56. The lowest BCUT2D eigenvalue weighted by Crippen LogP contribution is -2.27. The summed E-state index contributed by atoms with van der Waals surface area (Å²) in [5.41, 5.74) is 1.67. The van der Waals surface area contributed by atoms with Crippen LogP contribution in [0.15, 0.2) is 36.4 Å². The van der Waals surface area contributed by atoms with E-state index in [0.29, 0.717) is 36.0 Å². The van der Waals surface area contributed by atoms with Crippen LogP contribution in [0.4, 0.5) is 0 Å². The highest BCUT2D eigenvalue weighted by Crippen LogP contribution is 2.38. The van der Waals surface area contributed by atoms with Gasteiger partial charge in [0.05, 0.1) is 40.1 Å². The summed E-state index contributed by atoms with van der Waals surface area (Å²) in [4.78, 5) is 14.9. The molecule has 0 amide bonds. The predicted molar refractivity (Wildman–Crippen MR) is 129 cm³/mol. The molecule has 2 rings (SSSR count). The van der Waals surface area contributed by atoms with E-state index in [4.69, 9.17) is 23.7 Å². The third-order valence-electron chi connectivity index (χ3n) is 5.40. The van der Waals surface area contributed by atoms with Crippen molar-refractivity contribution in [2.24, 2.45) is 0 Å². The second-order valence-corrected chi connectivity index (χ2v) is 7.52. The van der Waals surface area contributed by atoms with E-state index in [2.05, 4.69) is 24.0 Å². The van der Waals surface area contributed by atoms with Gasteiger partial charge in [-0.25, -0.2) is 4.79 Å². The number of esters is 1. The van der Waals surface area contributed by atoms with Crippen molar-refractivity contribution in [2.45, 2.75) is 33.1 Å². The molecular formula is C26H37NO6. The molecule has 0 bridgehead atoms. The van der Waals surface area contributed by atoms with Gasteiger partial charge in [0, 0.05) is 6.54 Å². The Hall–Kier alpha value is -2.93. The molecule has 0 aliphatic carbocycles. The van der Waals surface area contributed by atoms with E-state index < -0.39 is 5.97 Å². The number of methoxy groups -OCH3 is 3. The highest BCUT2D eigenvalue weighted by Gasteiger charge is 2.17. The monoisotopic (exact) mass is 459 g/mol. The lowest BCUT2D eigenvalue weighted by molar-refractivity contribution is 0.0494. The maximum atomic E-state index is 12.5. The van der Waals surface area contributed by atoms with E-state index in [1.807, 2.05) is 19.1 Å². The minimum Gasteiger partial charge on any atom is -0.494 e. The van der Waals surface area contributed by atoms with Gasteiger partial charge in [-0.2, -0.15) is 0 Å². The Balaban J connectivity index is 1.74. The molecule has 182 valence electrons. The van der Waals surface area contributed by atoms with Crippen LogP contribution in [0, 0.1) is 0 Å². The zero-order valence-electron chi connectivity index (χ0n) is 20.5. The van der Waals surface area contributed by atoms with Crippen molar-refractivity contribution in [1.29, 1.82) is 0 Å². The minimum atomic E-state index is -0.405. The van der Waals surface area contributed by atoms with Gasteiger partial charge < -0.3 is 28.6 Å². The molecule has 0 spiro atoms. The van der Waals surface area contributed by atoms with Crippen LogP contribution in [0.5, 0.6) is 23.0 Å². The zero-order valence-corrected chi connectivity index (χ0v) is 20.5. The zero-order chi connectivity index (χ0) is 24.1. The van der Waals surface area contributed by atoms with Crippen molar-refractivity contribution in [2.75, 3.05) is 54.2 Å². The Morgan fingerprint density at radius 1 is 0.879 bits per heavy atom. The fourth-order valence-electron chi connectivity index (χ4n) is 3.52. The van der Waals surface area contributed by atoms with Crippen molar-refractivity contribution in [3.63, 3.8) is 0 Å². The Bertz CT molecular complexity index is 827. The highest BCUT2D eigenvalue weighted by molar-refractivity contribution is 5.91. The first kappa shape index (κ1) is 26.3. The van der Waals surface area contributed by atoms with E-state index in [-0.39, 0.29) is 0 Å². The molecule has 0 fully saturated rings. The van der Waals surface area contributed by atoms with Gasteiger partial charge in [0.15, 0.2) is 11.5 Å². The third-order valence-corrected chi connectivity index (χ3v) is 5.40. The van der Waals surface area contributed by atoms with Gasteiger partial charge in [-0.3, -0.25) is 0 Å². The third kappa shape index (κ3) is 8.17. The molecule has 33 heavy (non-hydrogen) atoms. The van der Waals surface area contributed by atoms with Crippen LogP contribution in [-0.2, 0) is 11.2 Å². The number of hydrogen-bond donors (Lipinski definition) is 0. The molecule has 0 saturated carbocycles. The first-order valence-corrected chi connectivity index (χ1v) is 11.5. The molecular weight excluding hydrogens is 422 g/mol. The largest absolute Gasteiger partial charge is 0.494 e. The van der Waals surface area contributed by atoms with Gasteiger partial charge in [-0.1, -0.05) is 19.1 Å². The topological polar surface area (TPSA) is 66.5 Å². The SMILES string of the molecule is CCOc1ccc(CCN(CC)CCCCOC(=O)c2cc(OC)c(OC)c(OC)c2)cc1. The molecule has 0 aliphatic heterocycles. The molecule has 7 heteroatoms. The molecule has 2 aromatic rings. The summed E-state index contributed by atoms with van der Waals surface area (Å²) in [6.07, 6.45) is 2.76. The number of benzene rings is 2. The van der Waals surface area contributed by atoms with E-state index in [0.717, 1.165) is 44.6 Å². The predicted octanol–water partition coefficient (Wildman–Crippen LogP) is 4.61. The number of carbonyl (C=O) groups is 1. The Labute approximate surface area is 197 Å². The van der Waals surface area contributed by atoms with Gasteiger partial charge >= 0.3 is 5.97 Å². The summed E-state index contributed by atoms with van der Waals surface area (Å²) in [5, 5.41) is 0. The fourth-order valence-corrected chi connectivity index (χ4v) is 3.52. The summed E-state index contributed by atoms with van der Waals surface area (Å²) >= 11 is 0. The molecule has 0 saturated heterocycles. The average Bonchev–Trinajstić information content (AvgIpc) is 2.85. The molecule has 2 aromatic carbocycles. The highest BCUT2D eigenvalue weighted by atomic mass is 16.5. The number of nitrogens with zero attached hydrogens (tertiary/aromatic N) is 1. The number of likely N-dealkylation sites (N-methyl/N-ethyl adjacent to an activating group) is 1. The molecule has 0 atom stereocenters. The van der Waals surface area contributed by atoms with Crippen molar-refractivity contribution >= 4 is 5.97 Å². The van der Waals surface area contributed by atoms with Crippen LogP contribution in [-0.4, -0.2) is 65.0 Å². The van der Waals surface area contributed by atoms with E-state index in [1.54, 1.807) is 12.1 Å². The number of unbranched alkanes of at least 4 members (excludes halogenated alkanes) is 1. The Kier molecular flexibility index (Phi) is 11.4. The molecule has 0 aromatic heterocycles. The minimum absolute atomic E-state index is 0.367. The number of rotatable bonds is 15. The van der Waals surface area contributed by atoms with Crippen LogP contribution in [0.2, 0.25) is 0 Å². The normalized spacial score (nSPS) is 10.7. The van der Waals surface area contributed by atoms with Gasteiger partial charge in [0.1, 0.15) is 5.75 Å².